The minimum atomic E-state index is 0.518. The molecule has 2 rings (SSSR count). The topological polar surface area (TPSA) is 35.2 Å². The van der Waals surface area contributed by atoms with Crippen LogP contribution in [0.25, 0.3) is 0 Å². The number of nitrogen functional groups attached to an aromatic ring is 1. The molecule has 0 saturated heterocycles. The predicted molar refractivity (Wildman–Crippen MR) is 82.0 cm³/mol. The van der Waals surface area contributed by atoms with Gasteiger partial charge in [0.2, 0.25) is 0 Å². The second kappa shape index (κ2) is 5.73. The summed E-state index contributed by atoms with van der Waals surface area (Å²) < 4.78 is 7.84. The summed E-state index contributed by atoms with van der Waals surface area (Å²) in [4.78, 5) is 0. The zero-order chi connectivity index (χ0) is 12.3. The molecule has 0 radical (unpaired) electrons. The molecule has 0 amide bonds. The van der Waals surface area contributed by atoms with Gasteiger partial charge < -0.3 is 10.5 Å². The Morgan fingerprint density at radius 2 is 1.82 bits per heavy atom. The second-order valence-electron chi connectivity index (χ2n) is 3.64. The summed E-state index contributed by atoms with van der Waals surface area (Å²) in [5, 5.41) is 0. The van der Waals surface area contributed by atoms with E-state index in [4.69, 9.17) is 10.5 Å². The van der Waals surface area contributed by atoms with Gasteiger partial charge in [-0.1, -0.05) is 15.9 Å². The Kier molecular flexibility index (Phi) is 4.28. The molecule has 0 aliphatic rings. The molecule has 0 aliphatic carbocycles. The number of anilines is 1. The fraction of sp³-hybridized carbons (Fsp3) is 0.0769. The molecule has 0 aliphatic heterocycles. The van der Waals surface area contributed by atoms with Crippen LogP contribution in [0.2, 0.25) is 0 Å². The van der Waals surface area contributed by atoms with Gasteiger partial charge in [0, 0.05) is 13.7 Å². The van der Waals surface area contributed by atoms with Crippen LogP contribution in [0, 0.1) is 3.57 Å². The van der Waals surface area contributed by atoms with Crippen LogP contribution in [0.1, 0.15) is 5.56 Å². The van der Waals surface area contributed by atoms with Crippen LogP contribution in [0.4, 0.5) is 5.69 Å². The van der Waals surface area contributed by atoms with Crippen molar-refractivity contribution in [3.05, 3.63) is 56.1 Å². The number of rotatable bonds is 3. The zero-order valence-electron chi connectivity index (χ0n) is 8.99. The van der Waals surface area contributed by atoms with E-state index in [1.807, 2.05) is 42.5 Å². The highest BCUT2D eigenvalue weighted by molar-refractivity contribution is 14.1. The van der Waals surface area contributed by atoms with Crippen LogP contribution >= 0.6 is 38.5 Å². The SMILES string of the molecule is Nc1cc(Br)cc(COc2ccc(I)cc2)c1. The first-order chi connectivity index (χ1) is 8.13. The van der Waals surface area contributed by atoms with Crippen molar-refractivity contribution in [2.75, 3.05) is 5.73 Å². The Balaban J connectivity index is 2.04. The monoisotopic (exact) mass is 403 g/mol. The van der Waals surface area contributed by atoms with E-state index in [9.17, 15) is 0 Å². The van der Waals surface area contributed by atoms with Crippen LogP contribution in [0.15, 0.2) is 46.9 Å². The molecule has 0 atom stereocenters. The molecule has 2 nitrogen and oxygen atoms in total. The molecular formula is C13H11BrINO. The lowest BCUT2D eigenvalue weighted by Gasteiger charge is -2.07. The van der Waals surface area contributed by atoms with Gasteiger partial charge in [0.05, 0.1) is 0 Å². The average molecular weight is 404 g/mol. The van der Waals surface area contributed by atoms with Crippen molar-refractivity contribution in [1.29, 1.82) is 0 Å². The molecule has 88 valence electrons. The normalized spacial score (nSPS) is 10.2. The van der Waals surface area contributed by atoms with Crippen molar-refractivity contribution in [1.82, 2.24) is 0 Å². The summed E-state index contributed by atoms with van der Waals surface area (Å²) in [5.74, 6) is 0.865. The molecule has 0 spiro atoms. The molecule has 0 bridgehead atoms. The van der Waals surface area contributed by atoms with Crippen molar-refractivity contribution < 1.29 is 4.74 Å². The average Bonchev–Trinajstić information content (AvgIpc) is 2.27. The number of ether oxygens (including phenoxy) is 1. The van der Waals surface area contributed by atoms with Crippen LogP contribution < -0.4 is 10.5 Å². The molecule has 2 N–H and O–H groups in total. The molecule has 17 heavy (non-hydrogen) atoms. The third kappa shape index (κ3) is 3.89. The molecule has 0 fully saturated rings. The first kappa shape index (κ1) is 12.7. The minimum Gasteiger partial charge on any atom is -0.489 e. The quantitative estimate of drug-likeness (QED) is 0.615. The number of halogens is 2. The zero-order valence-corrected chi connectivity index (χ0v) is 12.7. The van der Waals surface area contributed by atoms with Crippen molar-refractivity contribution in [2.24, 2.45) is 0 Å². The van der Waals surface area contributed by atoms with E-state index >= 15 is 0 Å². The summed E-state index contributed by atoms with van der Waals surface area (Å²) in [6, 6.07) is 13.7. The minimum absolute atomic E-state index is 0.518. The Hall–Kier alpha value is -0.750. The van der Waals surface area contributed by atoms with Crippen LogP contribution in [0.3, 0.4) is 0 Å². The van der Waals surface area contributed by atoms with Gasteiger partial charge in [0.15, 0.2) is 0 Å². The van der Waals surface area contributed by atoms with E-state index in [0.29, 0.717) is 6.61 Å². The van der Waals surface area contributed by atoms with Crippen LogP contribution in [-0.2, 0) is 6.61 Å². The summed E-state index contributed by atoms with van der Waals surface area (Å²) in [6.45, 7) is 0.518. The van der Waals surface area contributed by atoms with Crippen LogP contribution in [-0.4, -0.2) is 0 Å². The summed E-state index contributed by atoms with van der Waals surface area (Å²) in [7, 11) is 0. The standard InChI is InChI=1S/C13H11BrINO/c14-10-5-9(6-12(16)7-10)8-17-13-3-1-11(15)2-4-13/h1-7H,8,16H2. The first-order valence-corrected chi connectivity index (χ1v) is 6.94. The van der Waals surface area contributed by atoms with Gasteiger partial charge in [-0.3, -0.25) is 0 Å². The highest BCUT2D eigenvalue weighted by atomic mass is 127. The van der Waals surface area contributed by atoms with E-state index in [2.05, 4.69) is 38.5 Å². The third-order valence-corrected chi connectivity index (χ3v) is 3.38. The highest BCUT2D eigenvalue weighted by Crippen LogP contribution is 2.20. The van der Waals surface area contributed by atoms with Crippen LogP contribution in [0.5, 0.6) is 5.75 Å². The predicted octanol–water partition coefficient (Wildman–Crippen LogP) is 4.21. The smallest absolute Gasteiger partial charge is 0.119 e. The highest BCUT2D eigenvalue weighted by Gasteiger charge is 1.99. The Labute approximate surface area is 122 Å². The lowest BCUT2D eigenvalue weighted by Crippen LogP contribution is -1.97. The summed E-state index contributed by atoms with van der Waals surface area (Å²) >= 11 is 5.68. The van der Waals surface area contributed by atoms with Crippen molar-refractivity contribution in [3.8, 4) is 5.75 Å². The maximum atomic E-state index is 5.76. The fourth-order valence-corrected chi connectivity index (χ4v) is 2.37. The molecule has 0 aromatic heterocycles. The number of hydrogen-bond donors (Lipinski definition) is 1. The van der Waals surface area contributed by atoms with Gasteiger partial charge in [0.1, 0.15) is 12.4 Å². The van der Waals surface area contributed by atoms with E-state index in [1.165, 1.54) is 3.57 Å². The molecule has 0 heterocycles. The largest absolute Gasteiger partial charge is 0.489 e. The third-order valence-electron chi connectivity index (χ3n) is 2.20. The molecule has 0 saturated carbocycles. The Morgan fingerprint density at radius 3 is 2.47 bits per heavy atom. The maximum absolute atomic E-state index is 5.76. The number of hydrogen-bond acceptors (Lipinski definition) is 2. The Morgan fingerprint density at radius 1 is 1.12 bits per heavy atom. The van der Waals surface area contributed by atoms with Gasteiger partial charge in [0.25, 0.3) is 0 Å². The van der Waals surface area contributed by atoms with Crippen molar-refractivity contribution in [2.45, 2.75) is 6.61 Å². The van der Waals surface area contributed by atoms with E-state index in [0.717, 1.165) is 21.5 Å². The van der Waals surface area contributed by atoms with Gasteiger partial charge in [-0.2, -0.15) is 0 Å². The maximum Gasteiger partial charge on any atom is 0.119 e. The van der Waals surface area contributed by atoms with Gasteiger partial charge in [-0.05, 0) is 70.6 Å². The lowest BCUT2D eigenvalue weighted by molar-refractivity contribution is 0.306. The second-order valence-corrected chi connectivity index (χ2v) is 5.80. The van der Waals surface area contributed by atoms with Gasteiger partial charge in [-0.25, -0.2) is 0 Å². The summed E-state index contributed by atoms with van der Waals surface area (Å²) in [5.41, 5.74) is 7.55. The molecule has 0 unspecified atom stereocenters. The molecule has 2 aromatic carbocycles. The van der Waals surface area contributed by atoms with Crippen molar-refractivity contribution in [3.63, 3.8) is 0 Å². The van der Waals surface area contributed by atoms with E-state index in [-0.39, 0.29) is 0 Å². The lowest BCUT2D eigenvalue weighted by atomic mass is 10.2. The van der Waals surface area contributed by atoms with E-state index in [1.54, 1.807) is 0 Å². The van der Waals surface area contributed by atoms with Gasteiger partial charge in [-0.15, -0.1) is 0 Å². The number of nitrogens with two attached hydrogens (primary N) is 1. The summed E-state index contributed by atoms with van der Waals surface area (Å²) in [6.07, 6.45) is 0. The first-order valence-electron chi connectivity index (χ1n) is 5.07. The fourth-order valence-electron chi connectivity index (χ4n) is 1.46. The van der Waals surface area contributed by atoms with E-state index < -0.39 is 0 Å². The molecule has 4 heteroatoms. The Bertz CT molecular complexity index is 493. The van der Waals surface area contributed by atoms with Gasteiger partial charge >= 0.3 is 0 Å². The molecular weight excluding hydrogens is 393 g/mol. The molecule has 2 aromatic rings. The number of benzene rings is 2. The van der Waals surface area contributed by atoms with Crippen molar-refractivity contribution >= 4 is 44.2 Å².